The number of rotatable bonds is 4. The summed E-state index contributed by atoms with van der Waals surface area (Å²) in [5.74, 6) is 0.143. The minimum Gasteiger partial charge on any atom is -0.378 e. The molecule has 2 unspecified atom stereocenters. The molecule has 0 aromatic carbocycles. The maximum atomic E-state index is 11.9. The Morgan fingerprint density at radius 3 is 3.11 bits per heavy atom. The third kappa shape index (κ3) is 3.43. The Kier molecular flexibility index (Phi) is 4.54. The number of hydrogen-bond donors (Lipinski definition) is 2. The summed E-state index contributed by atoms with van der Waals surface area (Å²) in [5.41, 5.74) is 0. The lowest BCUT2D eigenvalue weighted by molar-refractivity contribution is -0.130. The highest BCUT2D eigenvalue weighted by atomic mass is 16.5. The number of nitrogens with zero attached hydrogens (tertiary/aromatic N) is 1. The second kappa shape index (κ2) is 6.15. The van der Waals surface area contributed by atoms with E-state index in [1.807, 2.05) is 11.8 Å². The molecular formula is C12H21N3O3. The fourth-order valence-electron chi connectivity index (χ4n) is 2.35. The molecule has 0 saturated carbocycles. The van der Waals surface area contributed by atoms with E-state index < -0.39 is 0 Å². The van der Waals surface area contributed by atoms with Gasteiger partial charge in [-0.25, -0.2) is 0 Å². The highest BCUT2D eigenvalue weighted by molar-refractivity contribution is 5.82. The number of morpholine rings is 1. The second-order valence-electron chi connectivity index (χ2n) is 4.93. The van der Waals surface area contributed by atoms with Crippen molar-refractivity contribution in [1.82, 2.24) is 15.5 Å². The first-order valence-corrected chi connectivity index (χ1v) is 6.56. The molecule has 0 aromatic rings. The van der Waals surface area contributed by atoms with Crippen LogP contribution in [0.3, 0.4) is 0 Å². The van der Waals surface area contributed by atoms with Crippen molar-refractivity contribution < 1.29 is 14.3 Å². The predicted octanol–water partition coefficient (Wildman–Crippen LogP) is -0.898. The summed E-state index contributed by atoms with van der Waals surface area (Å²) in [6.45, 7) is 5.11. The highest BCUT2D eigenvalue weighted by Crippen LogP contribution is 2.09. The van der Waals surface area contributed by atoms with Crippen molar-refractivity contribution in [2.75, 3.05) is 32.8 Å². The molecule has 2 saturated heterocycles. The van der Waals surface area contributed by atoms with Crippen LogP contribution in [0.1, 0.15) is 19.8 Å². The molecule has 2 amide bonds. The van der Waals surface area contributed by atoms with Gasteiger partial charge < -0.3 is 20.3 Å². The Labute approximate surface area is 107 Å². The van der Waals surface area contributed by atoms with Gasteiger partial charge in [-0.3, -0.25) is 9.59 Å². The van der Waals surface area contributed by atoms with E-state index in [0.29, 0.717) is 32.7 Å². The number of ether oxygens (including phenoxy) is 1. The Morgan fingerprint density at radius 1 is 1.67 bits per heavy atom. The van der Waals surface area contributed by atoms with Crippen LogP contribution in [0.5, 0.6) is 0 Å². The fraction of sp³-hybridized carbons (Fsp3) is 0.833. The van der Waals surface area contributed by atoms with E-state index in [4.69, 9.17) is 4.74 Å². The summed E-state index contributed by atoms with van der Waals surface area (Å²) < 4.78 is 5.25. The molecule has 6 heteroatoms. The predicted molar refractivity (Wildman–Crippen MR) is 66.0 cm³/mol. The molecule has 6 nitrogen and oxygen atoms in total. The zero-order valence-electron chi connectivity index (χ0n) is 10.8. The molecule has 2 aliphatic rings. The van der Waals surface area contributed by atoms with Crippen LogP contribution < -0.4 is 10.6 Å². The Balaban J connectivity index is 1.74. The van der Waals surface area contributed by atoms with Crippen LogP contribution in [-0.2, 0) is 14.3 Å². The number of nitrogens with one attached hydrogen (secondary N) is 2. The van der Waals surface area contributed by atoms with Crippen molar-refractivity contribution in [3.8, 4) is 0 Å². The lowest BCUT2D eigenvalue weighted by Gasteiger charge is -2.26. The molecule has 2 atom stereocenters. The average Bonchev–Trinajstić information content (AvgIpc) is 2.76. The third-order valence-corrected chi connectivity index (χ3v) is 3.29. The van der Waals surface area contributed by atoms with Crippen molar-refractivity contribution >= 4 is 11.8 Å². The van der Waals surface area contributed by atoms with E-state index in [1.54, 1.807) is 0 Å². The SMILES string of the molecule is CC(CN1CCCC1=O)NC(=O)C1COCCN1. The summed E-state index contributed by atoms with van der Waals surface area (Å²) in [6.07, 6.45) is 1.57. The number of hydrogen-bond acceptors (Lipinski definition) is 4. The first-order valence-electron chi connectivity index (χ1n) is 6.56. The van der Waals surface area contributed by atoms with Gasteiger partial charge in [-0.05, 0) is 13.3 Å². The van der Waals surface area contributed by atoms with Crippen LogP contribution in [0, 0.1) is 0 Å². The van der Waals surface area contributed by atoms with Gasteiger partial charge in [0.1, 0.15) is 6.04 Å². The van der Waals surface area contributed by atoms with Crippen molar-refractivity contribution in [2.45, 2.75) is 31.8 Å². The van der Waals surface area contributed by atoms with Gasteiger partial charge in [-0.15, -0.1) is 0 Å². The van der Waals surface area contributed by atoms with Crippen LogP contribution in [0.2, 0.25) is 0 Å². The molecule has 2 rings (SSSR count). The summed E-state index contributed by atoms with van der Waals surface area (Å²) >= 11 is 0. The van der Waals surface area contributed by atoms with E-state index in [2.05, 4.69) is 10.6 Å². The normalized spacial score (nSPS) is 26.2. The molecule has 0 aromatic heterocycles. The largest absolute Gasteiger partial charge is 0.378 e. The van der Waals surface area contributed by atoms with E-state index in [1.165, 1.54) is 0 Å². The molecule has 2 aliphatic heterocycles. The average molecular weight is 255 g/mol. The van der Waals surface area contributed by atoms with Crippen molar-refractivity contribution in [2.24, 2.45) is 0 Å². The summed E-state index contributed by atoms with van der Waals surface area (Å²) in [5, 5.41) is 6.03. The second-order valence-corrected chi connectivity index (χ2v) is 4.93. The van der Waals surface area contributed by atoms with Gasteiger partial charge in [-0.2, -0.15) is 0 Å². The van der Waals surface area contributed by atoms with Crippen molar-refractivity contribution in [3.05, 3.63) is 0 Å². The molecule has 0 spiro atoms. The summed E-state index contributed by atoms with van der Waals surface area (Å²) in [7, 11) is 0. The third-order valence-electron chi connectivity index (χ3n) is 3.29. The standard InChI is InChI=1S/C12H21N3O3/c1-9(7-15-5-2-3-11(15)16)14-12(17)10-8-18-6-4-13-10/h9-10,13H,2-8H2,1H3,(H,14,17). The summed E-state index contributed by atoms with van der Waals surface area (Å²) in [6, 6.07) is -0.293. The lowest BCUT2D eigenvalue weighted by atomic mass is 10.2. The first-order chi connectivity index (χ1) is 8.66. The Morgan fingerprint density at radius 2 is 2.50 bits per heavy atom. The van der Waals surface area contributed by atoms with Crippen molar-refractivity contribution in [3.63, 3.8) is 0 Å². The Hall–Kier alpha value is -1.14. The van der Waals surface area contributed by atoms with Crippen molar-refractivity contribution in [1.29, 1.82) is 0 Å². The van der Waals surface area contributed by atoms with Gasteiger partial charge in [0.05, 0.1) is 13.2 Å². The van der Waals surface area contributed by atoms with Gasteiger partial charge in [-0.1, -0.05) is 0 Å². The minimum atomic E-state index is -0.268. The van der Waals surface area contributed by atoms with Crippen LogP contribution in [0.15, 0.2) is 0 Å². The van der Waals surface area contributed by atoms with E-state index in [0.717, 1.165) is 13.0 Å². The molecule has 0 radical (unpaired) electrons. The quantitative estimate of drug-likeness (QED) is 0.683. The number of carbonyl (C=O) groups is 2. The smallest absolute Gasteiger partial charge is 0.239 e. The minimum absolute atomic E-state index is 0.0247. The maximum Gasteiger partial charge on any atom is 0.239 e. The number of likely N-dealkylation sites (tertiary alicyclic amines) is 1. The summed E-state index contributed by atoms with van der Waals surface area (Å²) in [4.78, 5) is 25.2. The molecule has 2 fully saturated rings. The Bertz CT molecular complexity index is 316. The van der Waals surface area contributed by atoms with E-state index in [9.17, 15) is 9.59 Å². The lowest BCUT2D eigenvalue weighted by Crippen LogP contribution is -2.54. The van der Waals surface area contributed by atoms with Gasteiger partial charge in [0.25, 0.3) is 0 Å². The molecule has 102 valence electrons. The highest BCUT2D eigenvalue weighted by Gasteiger charge is 2.25. The van der Waals surface area contributed by atoms with Gasteiger partial charge in [0.15, 0.2) is 0 Å². The van der Waals surface area contributed by atoms with Crippen LogP contribution in [-0.4, -0.2) is 61.6 Å². The van der Waals surface area contributed by atoms with Gasteiger partial charge in [0, 0.05) is 32.1 Å². The molecule has 0 bridgehead atoms. The number of amides is 2. The zero-order valence-corrected chi connectivity index (χ0v) is 10.8. The molecule has 2 N–H and O–H groups in total. The zero-order chi connectivity index (χ0) is 13.0. The molecule has 2 heterocycles. The first kappa shape index (κ1) is 13.3. The monoisotopic (exact) mass is 255 g/mol. The van der Waals surface area contributed by atoms with Crippen LogP contribution in [0.4, 0.5) is 0 Å². The molecular weight excluding hydrogens is 234 g/mol. The van der Waals surface area contributed by atoms with E-state index in [-0.39, 0.29) is 23.9 Å². The topological polar surface area (TPSA) is 70.7 Å². The molecule has 18 heavy (non-hydrogen) atoms. The van der Waals surface area contributed by atoms with Crippen LogP contribution >= 0.6 is 0 Å². The fourth-order valence-corrected chi connectivity index (χ4v) is 2.35. The molecule has 0 aliphatic carbocycles. The maximum absolute atomic E-state index is 11.9. The number of carbonyl (C=O) groups excluding carboxylic acids is 2. The van der Waals surface area contributed by atoms with Crippen LogP contribution in [0.25, 0.3) is 0 Å². The van der Waals surface area contributed by atoms with Gasteiger partial charge in [0.2, 0.25) is 11.8 Å². The van der Waals surface area contributed by atoms with Gasteiger partial charge >= 0.3 is 0 Å². The van der Waals surface area contributed by atoms with E-state index >= 15 is 0 Å².